The summed E-state index contributed by atoms with van der Waals surface area (Å²) in [6, 6.07) is 7.36. The van der Waals surface area contributed by atoms with Crippen molar-refractivity contribution in [2.75, 3.05) is 77.9 Å². The first-order chi connectivity index (χ1) is 19.0. The van der Waals surface area contributed by atoms with Crippen LogP contribution in [0.25, 0.3) is 0 Å². The molecule has 2 saturated heterocycles. The van der Waals surface area contributed by atoms with Crippen LogP contribution in [0.3, 0.4) is 0 Å². The zero-order valence-electron chi connectivity index (χ0n) is 22.2. The molecule has 39 heavy (non-hydrogen) atoms. The van der Waals surface area contributed by atoms with Crippen molar-refractivity contribution in [3.8, 4) is 0 Å². The number of rotatable bonds is 16. The molecule has 2 aliphatic heterocycles. The second-order valence-corrected chi connectivity index (χ2v) is 9.29. The van der Waals surface area contributed by atoms with Crippen molar-refractivity contribution >= 4 is 23.4 Å². The molecular formula is C28H36N2O9. The molecule has 4 rings (SSSR count). The minimum absolute atomic E-state index is 0.0878. The largest absolute Gasteiger partial charge is 0.377 e. The average molecular weight is 545 g/mol. The number of likely N-dealkylation sites (tertiary alicyclic amines) is 1. The summed E-state index contributed by atoms with van der Waals surface area (Å²) >= 11 is 0. The summed E-state index contributed by atoms with van der Waals surface area (Å²) in [5.41, 5.74) is 2.05. The third kappa shape index (κ3) is 8.04. The average Bonchev–Trinajstić information content (AvgIpc) is 3.49. The van der Waals surface area contributed by atoms with Crippen LogP contribution in [0.1, 0.15) is 18.9 Å². The first-order valence-electron chi connectivity index (χ1n) is 13.2. The lowest BCUT2D eigenvalue weighted by atomic mass is 9.94. The quantitative estimate of drug-likeness (QED) is 0.245. The number of nitrogens with one attached hydrogen (secondary N) is 1. The molecule has 0 aromatic heterocycles. The SMILES string of the molecule is CC1(c2cccc(NC(=O)COCCOCCOCCOCCN3C(=O)C4=CC=CCC4C3=O)c2)OCCO1. The molecule has 0 saturated carbocycles. The van der Waals surface area contributed by atoms with Crippen LogP contribution >= 0.6 is 0 Å². The number of ether oxygens (including phenoxy) is 6. The lowest BCUT2D eigenvalue weighted by Crippen LogP contribution is -2.34. The summed E-state index contributed by atoms with van der Waals surface area (Å²) < 4.78 is 33.1. The van der Waals surface area contributed by atoms with Crippen LogP contribution in [0.15, 0.2) is 48.1 Å². The summed E-state index contributed by atoms with van der Waals surface area (Å²) in [5, 5.41) is 2.81. The monoisotopic (exact) mass is 544 g/mol. The molecule has 1 aromatic carbocycles. The molecule has 3 amide bonds. The Morgan fingerprint density at radius 2 is 1.67 bits per heavy atom. The van der Waals surface area contributed by atoms with Crippen LogP contribution in [-0.4, -0.2) is 95.2 Å². The lowest BCUT2D eigenvalue weighted by Gasteiger charge is -2.23. The van der Waals surface area contributed by atoms with Gasteiger partial charge in [-0.25, -0.2) is 0 Å². The Labute approximate surface area is 228 Å². The number of allylic oxidation sites excluding steroid dienone is 3. The minimum Gasteiger partial charge on any atom is -0.377 e. The number of nitrogens with zero attached hydrogens (tertiary/aromatic N) is 1. The van der Waals surface area contributed by atoms with Gasteiger partial charge in [0.15, 0.2) is 5.79 Å². The summed E-state index contributed by atoms with van der Waals surface area (Å²) in [4.78, 5) is 38.1. The highest BCUT2D eigenvalue weighted by Crippen LogP contribution is 2.32. The van der Waals surface area contributed by atoms with E-state index in [1.807, 2.05) is 37.3 Å². The Balaban J connectivity index is 0.960. The number of carbonyl (C=O) groups is 3. The number of amides is 3. The molecule has 3 aliphatic rings. The Bertz CT molecular complexity index is 1060. The van der Waals surface area contributed by atoms with E-state index in [-0.39, 0.29) is 50.0 Å². The van der Waals surface area contributed by atoms with Gasteiger partial charge in [0.2, 0.25) is 11.8 Å². The Kier molecular flexibility index (Phi) is 10.8. The maximum atomic E-state index is 12.4. The van der Waals surface area contributed by atoms with Crippen LogP contribution in [0.5, 0.6) is 0 Å². The summed E-state index contributed by atoms with van der Waals surface area (Å²) in [6.45, 7) is 5.45. The molecule has 2 fully saturated rings. The fourth-order valence-corrected chi connectivity index (χ4v) is 4.48. The highest BCUT2D eigenvalue weighted by molar-refractivity contribution is 6.15. The van der Waals surface area contributed by atoms with Gasteiger partial charge < -0.3 is 33.7 Å². The highest BCUT2D eigenvalue weighted by Gasteiger charge is 2.42. The molecule has 1 atom stereocenters. The van der Waals surface area contributed by atoms with Gasteiger partial charge in [-0.2, -0.15) is 0 Å². The van der Waals surface area contributed by atoms with E-state index in [0.29, 0.717) is 63.9 Å². The molecule has 1 aliphatic carbocycles. The number of anilines is 1. The molecule has 2 heterocycles. The van der Waals surface area contributed by atoms with E-state index < -0.39 is 5.79 Å². The zero-order valence-corrected chi connectivity index (χ0v) is 22.2. The van der Waals surface area contributed by atoms with Gasteiger partial charge >= 0.3 is 0 Å². The predicted octanol–water partition coefficient (Wildman–Crippen LogP) is 1.78. The number of hydrogen-bond acceptors (Lipinski definition) is 9. The first kappa shape index (κ1) is 29.1. The topological polar surface area (TPSA) is 122 Å². The number of benzene rings is 1. The third-order valence-electron chi connectivity index (χ3n) is 6.53. The van der Waals surface area contributed by atoms with Gasteiger partial charge in [-0.05, 0) is 25.5 Å². The summed E-state index contributed by atoms with van der Waals surface area (Å²) in [7, 11) is 0. The van der Waals surface area contributed by atoms with Crippen LogP contribution in [-0.2, 0) is 48.6 Å². The number of hydrogen-bond donors (Lipinski definition) is 1. The van der Waals surface area contributed by atoms with Gasteiger partial charge in [-0.15, -0.1) is 0 Å². The molecule has 11 heteroatoms. The van der Waals surface area contributed by atoms with Crippen LogP contribution in [0.2, 0.25) is 0 Å². The molecule has 0 spiro atoms. The van der Waals surface area contributed by atoms with Gasteiger partial charge in [0.25, 0.3) is 5.91 Å². The van der Waals surface area contributed by atoms with Crippen molar-refractivity contribution in [2.45, 2.75) is 19.1 Å². The van der Waals surface area contributed by atoms with Crippen LogP contribution in [0, 0.1) is 5.92 Å². The van der Waals surface area contributed by atoms with Gasteiger partial charge in [-0.1, -0.05) is 30.4 Å². The molecule has 0 radical (unpaired) electrons. The fourth-order valence-electron chi connectivity index (χ4n) is 4.48. The number of imide groups is 1. The Hall–Kier alpha value is -2.93. The smallest absolute Gasteiger partial charge is 0.257 e. The van der Waals surface area contributed by atoms with E-state index in [9.17, 15) is 14.4 Å². The van der Waals surface area contributed by atoms with Crippen LogP contribution in [0.4, 0.5) is 5.69 Å². The minimum atomic E-state index is -0.794. The molecule has 1 aromatic rings. The molecule has 1 unspecified atom stereocenters. The molecular weight excluding hydrogens is 508 g/mol. The lowest BCUT2D eigenvalue weighted by molar-refractivity contribution is -0.149. The Morgan fingerprint density at radius 3 is 2.36 bits per heavy atom. The van der Waals surface area contributed by atoms with E-state index in [1.165, 1.54) is 4.90 Å². The van der Waals surface area contributed by atoms with E-state index in [4.69, 9.17) is 28.4 Å². The fraction of sp³-hybridized carbons (Fsp3) is 0.536. The molecule has 1 N–H and O–H groups in total. The third-order valence-corrected chi connectivity index (χ3v) is 6.53. The zero-order chi connectivity index (χ0) is 27.5. The van der Waals surface area contributed by atoms with E-state index >= 15 is 0 Å². The van der Waals surface area contributed by atoms with Gasteiger partial charge in [0, 0.05) is 16.8 Å². The second-order valence-electron chi connectivity index (χ2n) is 9.29. The maximum Gasteiger partial charge on any atom is 0.257 e. The van der Waals surface area contributed by atoms with E-state index in [2.05, 4.69) is 5.32 Å². The maximum absolute atomic E-state index is 12.4. The highest BCUT2D eigenvalue weighted by atomic mass is 16.7. The van der Waals surface area contributed by atoms with Crippen molar-refractivity contribution < 1.29 is 42.8 Å². The number of fused-ring (bicyclic) bond motifs is 1. The molecule has 11 nitrogen and oxygen atoms in total. The molecule has 0 bridgehead atoms. The normalized spacial score (nSPS) is 19.9. The van der Waals surface area contributed by atoms with Crippen molar-refractivity contribution in [2.24, 2.45) is 5.92 Å². The molecule has 212 valence electrons. The van der Waals surface area contributed by atoms with Crippen molar-refractivity contribution in [3.63, 3.8) is 0 Å². The van der Waals surface area contributed by atoms with E-state index in [1.54, 1.807) is 12.1 Å². The summed E-state index contributed by atoms with van der Waals surface area (Å²) in [5.74, 6) is -1.77. The second kappa shape index (κ2) is 14.5. The first-order valence-corrected chi connectivity index (χ1v) is 13.2. The van der Waals surface area contributed by atoms with Crippen molar-refractivity contribution in [3.05, 3.63) is 53.6 Å². The Morgan fingerprint density at radius 1 is 1.00 bits per heavy atom. The van der Waals surface area contributed by atoms with Crippen LogP contribution < -0.4 is 5.32 Å². The van der Waals surface area contributed by atoms with Crippen molar-refractivity contribution in [1.82, 2.24) is 4.90 Å². The summed E-state index contributed by atoms with van der Waals surface area (Å²) in [6.07, 6.45) is 6.01. The predicted molar refractivity (Wildman–Crippen MR) is 140 cm³/mol. The van der Waals surface area contributed by atoms with Gasteiger partial charge in [0.05, 0.1) is 71.9 Å². The standard InChI is InChI=1S/C28H36N2O9/c1-28(38-17-18-39-28)21-5-4-6-22(19-21)29-25(31)20-37-16-15-36-14-13-35-12-11-34-10-9-30-26(32)23-7-2-3-8-24(23)27(30)33/h2-7,19,24H,8-18,20H2,1H3,(H,29,31). The van der Waals surface area contributed by atoms with Gasteiger partial charge in [0.1, 0.15) is 6.61 Å². The number of carbonyl (C=O) groups excluding carboxylic acids is 3. The van der Waals surface area contributed by atoms with Crippen molar-refractivity contribution in [1.29, 1.82) is 0 Å². The van der Waals surface area contributed by atoms with E-state index in [0.717, 1.165) is 5.56 Å². The van der Waals surface area contributed by atoms with Gasteiger partial charge in [-0.3, -0.25) is 19.3 Å².